The maximum absolute atomic E-state index is 12.2. The molecule has 8 nitrogen and oxygen atoms in total. The number of piperidine rings is 1. The molecular weight excluding hydrogens is 298 g/mol. The fraction of sp³-hybridized carbons (Fsp3) is 0.917. The molecule has 0 radical (unpaired) electrons. The van der Waals surface area contributed by atoms with Crippen LogP contribution < -0.4 is 10.5 Å². The van der Waals surface area contributed by atoms with Crippen LogP contribution in [-0.4, -0.2) is 62.2 Å². The van der Waals surface area contributed by atoms with E-state index < -0.39 is 28.3 Å². The summed E-state index contributed by atoms with van der Waals surface area (Å²) in [6.45, 7) is 3.91. The van der Waals surface area contributed by atoms with Gasteiger partial charge < -0.3 is 15.6 Å². The van der Waals surface area contributed by atoms with Gasteiger partial charge in [0.25, 0.3) is 10.2 Å². The largest absolute Gasteiger partial charge is 0.466 e. The average Bonchev–Trinajstić information content (AvgIpc) is 2.45. The predicted molar refractivity (Wildman–Crippen MR) is 77.5 cm³/mol. The number of aliphatic hydroxyl groups excluding tert-OH is 1. The normalized spacial score (nSPS) is 23.5. The number of aliphatic hydroxyl groups is 1. The molecule has 0 spiro atoms. The van der Waals surface area contributed by atoms with Crippen molar-refractivity contribution in [1.82, 2.24) is 9.03 Å². The third kappa shape index (κ3) is 5.51. The molecule has 1 fully saturated rings. The Morgan fingerprint density at radius 2 is 2.24 bits per heavy atom. The number of rotatable bonds is 7. The van der Waals surface area contributed by atoms with Crippen LogP contribution in [0.5, 0.6) is 0 Å². The second-order valence-electron chi connectivity index (χ2n) is 5.21. The Balaban J connectivity index is 2.60. The first-order valence-corrected chi connectivity index (χ1v) is 8.57. The van der Waals surface area contributed by atoms with Gasteiger partial charge in [-0.1, -0.05) is 0 Å². The van der Waals surface area contributed by atoms with E-state index in [1.807, 2.05) is 0 Å². The molecular formula is C12H25N3O5S. The van der Waals surface area contributed by atoms with Crippen molar-refractivity contribution in [3.8, 4) is 0 Å². The third-order valence-corrected chi connectivity index (χ3v) is 5.01. The Morgan fingerprint density at radius 3 is 2.81 bits per heavy atom. The van der Waals surface area contributed by atoms with E-state index >= 15 is 0 Å². The summed E-state index contributed by atoms with van der Waals surface area (Å²) >= 11 is 0. The second-order valence-corrected chi connectivity index (χ2v) is 6.96. The van der Waals surface area contributed by atoms with E-state index in [0.29, 0.717) is 19.4 Å². The number of esters is 1. The third-order valence-electron chi connectivity index (χ3n) is 3.47. The van der Waals surface area contributed by atoms with Crippen molar-refractivity contribution in [2.45, 2.75) is 38.8 Å². The van der Waals surface area contributed by atoms with Gasteiger partial charge in [-0.25, -0.2) is 4.72 Å². The number of hydrogen-bond donors (Lipinski definition) is 3. The summed E-state index contributed by atoms with van der Waals surface area (Å²) in [5.74, 6) is -0.793. The molecule has 21 heavy (non-hydrogen) atoms. The minimum atomic E-state index is -3.71. The van der Waals surface area contributed by atoms with Gasteiger partial charge in [-0.15, -0.1) is 0 Å². The van der Waals surface area contributed by atoms with E-state index in [1.165, 1.54) is 11.2 Å². The van der Waals surface area contributed by atoms with Crippen LogP contribution in [-0.2, 0) is 19.7 Å². The molecule has 4 N–H and O–H groups in total. The minimum Gasteiger partial charge on any atom is -0.466 e. The molecule has 3 unspecified atom stereocenters. The van der Waals surface area contributed by atoms with Crippen LogP contribution in [0.1, 0.15) is 26.7 Å². The van der Waals surface area contributed by atoms with Gasteiger partial charge in [0, 0.05) is 25.7 Å². The summed E-state index contributed by atoms with van der Waals surface area (Å²) in [4.78, 5) is 11.7. The molecule has 1 aliphatic rings. The Bertz CT molecular complexity index is 440. The molecule has 0 aromatic rings. The fourth-order valence-corrected chi connectivity index (χ4v) is 3.41. The monoisotopic (exact) mass is 323 g/mol. The zero-order chi connectivity index (χ0) is 16.0. The van der Waals surface area contributed by atoms with Gasteiger partial charge in [-0.2, -0.15) is 12.7 Å². The molecule has 9 heteroatoms. The molecule has 1 saturated heterocycles. The van der Waals surface area contributed by atoms with Crippen molar-refractivity contribution >= 4 is 16.2 Å². The summed E-state index contributed by atoms with van der Waals surface area (Å²) in [5, 5.41) is 9.27. The van der Waals surface area contributed by atoms with Crippen LogP contribution in [0, 0.1) is 5.92 Å². The number of hydrogen-bond acceptors (Lipinski definition) is 6. The van der Waals surface area contributed by atoms with Crippen LogP contribution in [0.15, 0.2) is 0 Å². The molecule has 1 heterocycles. The zero-order valence-electron chi connectivity index (χ0n) is 12.5. The van der Waals surface area contributed by atoms with E-state index in [-0.39, 0.29) is 25.7 Å². The molecule has 0 bridgehead atoms. The number of nitrogens with zero attached hydrogens (tertiary/aromatic N) is 1. The predicted octanol–water partition coefficient (Wildman–Crippen LogP) is -1.20. The number of nitrogens with two attached hydrogens (primary N) is 1. The molecule has 124 valence electrons. The molecule has 1 aliphatic heterocycles. The van der Waals surface area contributed by atoms with Crippen LogP contribution in [0.2, 0.25) is 0 Å². The van der Waals surface area contributed by atoms with Crippen molar-refractivity contribution in [2.75, 3.05) is 26.2 Å². The molecule has 0 amide bonds. The van der Waals surface area contributed by atoms with Crippen molar-refractivity contribution in [3.05, 3.63) is 0 Å². The molecule has 0 saturated carbocycles. The van der Waals surface area contributed by atoms with Gasteiger partial charge in [0.15, 0.2) is 0 Å². The van der Waals surface area contributed by atoms with E-state index in [0.717, 1.165) is 0 Å². The van der Waals surface area contributed by atoms with Crippen molar-refractivity contribution in [2.24, 2.45) is 11.7 Å². The lowest BCUT2D eigenvalue weighted by atomic mass is 10.0. The smallest absolute Gasteiger partial charge is 0.310 e. The lowest BCUT2D eigenvalue weighted by molar-refractivity contribution is -0.149. The van der Waals surface area contributed by atoms with E-state index in [2.05, 4.69) is 4.72 Å². The summed E-state index contributed by atoms with van der Waals surface area (Å²) < 4.78 is 32.9. The molecule has 1 rings (SSSR count). The first-order valence-electron chi connectivity index (χ1n) is 7.13. The fourth-order valence-electron chi connectivity index (χ4n) is 2.08. The van der Waals surface area contributed by atoms with Gasteiger partial charge >= 0.3 is 5.97 Å². The van der Waals surface area contributed by atoms with E-state index in [1.54, 1.807) is 6.92 Å². The van der Waals surface area contributed by atoms with Crippen molar-refractivity contribution in [3.63, 3.8) is 0 Å². The van der Waals surface area contributed by atoms with Gasteiger partial charge in [-0.3, -0.25) is 4.79 Å². The standard InChI is InChI=1S/C12H25N3O5S/c1-3-20-12(17)10-5-4-6-15(8-10)21(18,19)14-7-11(13)9(2)16/h9-11,14,16H,3-8,13H2,1-2H3. The van der Waals surface area contributed by atoms with Crippen molar-refractivity contribution < 1.29 is 23.1 Å². The van der Waals surface area contributed by atoms with Gasteiger partial charge in [0.2, 0.25) is 0 Å². The van der Waals surface area contributed by atoms with Gasteiger partial charge in [0.05, 0.1) is 18.6 Å². The van der Waals surface area contributed by atoms with E-state index in [9.17, 15) is 18.3 Å². The number of nitrogens with one attached hydrogen (secondary N) is 1. The van der Waals surface area contributed by atoms with Gasteiger partial charge in [0.1, 0.15) is 0 Å². The lowest BCUT2D eigenvalue weighted by Gasteiger charge is -2.31. The number of carbonyl (C=O) groups is 1. The molecule has 0 aliphatic carbocycles. The van der Waals surface area contributed by atoms with Crippen LogP contribution in [0.25, 0.3) is 0 Å². The Morgan fingerprint density at radius 1 is 1.57 bits per heavy atom. The van der Waals surface area contributed by atoms with Crippen LogP contribution in [0.3, 0.4) is 0 Å². The Kier molecular flexibility index (Phi) is 7.01. The number of carbonyl (C=O) groups excluding carboxylic acids is 1. The summed E-state index contributed by atoms with van der Waals surface area (Å²) in [5.41, 5.74) is 5.60. The Hall–Kier alpha value is -0.740. The lowest BCUT2D eigenvalue weighted by Crippen LogP contribution is -2.51. The highest BCUT2D eigenvalue weighted by atomic mass is 32.2. The van der Waals surface area contributed by atoms with Crippen molar-refractivity contribution in [1.29, 1.82) is 0 Å². The molecule has 0 aromatic carbocycles. The first kappa shape index (κ1) is 18.3. The highest BCUT2D eigenvalue weighted by Gasteiger charge is 2.33. The quantitative estimate of drug-likeness (QED) is 0.506. The van der Waals surface area contributed by atoms with E-state index in [4.69, 9.17) is 10.5 Å². The first-order chi connectivity index (χ1) is 9.77. The molecule has 3 atom stereocenters. The summed E-state index contributed by atoms with van der Waals surface area (Å²) in [6, 6.07) is -0.676. The SMILES string of the molecule is CCOC(=O)C1CCCN(S(=O)(=O)NCC(N)C(C)O)C1. The minimum absolute atomic E-state index is 0.0550. The second kappa shape index (κ2) is 8.04. The highest BCUT2D eigenvalue weighted by Crippen LogP contribution is 2.19. The zero-order valence-corrected chi connectivity index (χ0v) is 13.3. The topological polar surface area (TPSA) is 122 Å². The Labute approximate surface area is 125 Å². The van der Waals surface area contributed by atoms with Crippen LogP contribution >= 0.6 is 0 Å². The summed E-state index contributed by atoms with van der Waals surface area (Å²) in [7, 11) is -3.71. The number of ether oxygens (including phenoxy) is 1. The average molecular weight is 323 g/mol. The maximum atomic E-state index is 12.2. The van der Waals surface area contributed by atoms with Crippen LogP contribution in [0.4, 0.5) is 0 Å². The molecule has 0 aromatic heterocycles. The highest BCUT2D eigenvalue weighted by molar-refractivity contribution is 7.87. The van der Waals surface area contributed by atoms with Gasteiger partial charge in [-0.05, 0) is 26.7 Å². The summed E-state index contributed by atoms with van der Waals surface area (Å²) in [6.07, 6.45) is 0.423. The maximum Gasteiger partial charge on any atom is 0.310 e.